The second kappa shape index (κ2) is 18.1. The summed E-state index contributed by atoms with van der Waals surface area (Å²) in [5, 5.41) is 32.4. The lowest BCUT2D eigenvalue weighted by Crippen LogP contribution is -2.32. The largest absolute Gasteiger partial charge is 0.481 e. The molecule has 0 amide bonds. The molecule has 0 aliphatic carbocycles. The standard InChI is InChI=1S/C5H9NO4.C4H10N2O2.C4H9NO2/c6-3(5(9)10)1-2-4(7)8;5-2-1-3(6)4(7)8;5-3-1-2-4(6)7/h3H,1-2,6H2,(H,7,8)(H,9,10);3H,1-2,5-6H2,(H,7,8);1-3,5H2,(H,6,7). The van der Waals surface area contributed by atoms with Gasteiger partial charge in [-0.15, -0.1) is 0 Å². The Kier molecular flexibility index (Phi) is 19.9. The van der Waals surface area contributed by atoms with Crippen LogP contribution in [0.4, 0.5) is 0 Å². The normalized spacial score (nSPS) is 11.7. The number of aliphatic carboxylic acids is 4. The maximum atomic E-state index is 9.99. The molecular weight excluding hydrogens is 340 g/mol. The highest BCUT2D eigenvalue weighted by Crippen LogP contribution is 1.93. The van der Waals surface area contributed by atoms with Crippen molar-refractivity contribution in [3.63, 3.8) is 0 Å². The number of rotatable bonds is 10. The molecule has 0 aromatic heterocycles. The number of hydrogen-bond acceptors (Lipinski definition) is 8. The van der Waals surface area contributed by atoms with Crippen LogP contribution < -0.4 is 22.9 Å². The lowest BCUT2D eigenvalue weighted by atomic mass is 10.2. The van der Waals surface area contributed by atoms with E-state index in [-0.39, 0.29) is 19.3 Å². The van der Waals surface area contributed by atoms with Gasteiger partial charge in [0.05, 0.1) is 0 Å². The Morgan fingerprint density at radius 3 is 1.28 bits per heavy atom. The van der Waals surface area contributed by atoms with Crippen LogP contribution in [0.1, 0.15) is 32.1 Å². The summed E-state index contributed by atoms with van der Waals surface area (Å²) in [5.74, 6) is -3.96. The molecule has 12 N–H and O–H groups in total. The molecular formula is C13H28N4O8. The summed E-state index contributed by atoms with van der Waals surface area (Å²) in [4.78, 5) is 39.5. The van der Waals surface area contributed by atoms with Gasteiger partial charge in [0, 0.05) is 12.8 Å². The van der Waals surface area contributed by atoms with E-state index in [1.807, 2.05) is 0 Å². The highest BCUT2D eigenvalue weighted by Gasteiger charge is 2.12. The number of carbonyl (C=O) groups is 4. The molecule has 0 fully saturated rings. The van der Waals surface area contributed by atoms with Crippen molar-refractivity contribution in [3.8, 4) is 0 Å². The maximum Gasteiger partial charge on any atom is 0.320 e. The fraction of sp³-hybridized carbons (Fsp3) is 0.692. The Morgan fingerprint density at radius 1 is 0.680 bits per heavy atom. The molecule has 0 aliphatic rings. The number of hydrogen-bond donors (Lipinski definition) is 8. The van der Waals surface area contributed by atoms with E-state index in [4.69, 9.17) is 43.4 Å². The van der Waals surface area contributed by atoms with Gasteiger partial charge < -0.3 is 43.4 Å². The van der Waals surface area contributed by atoms with Crippen molar-refractivity contribution in [2.75, 3.05) is 13.1 Å². The van der Waals surface area contributed by atoms with Crippen LogP contribution in [-0.2, 0) is 19.2 Å². The van der Waals surface area contributed by atoms with E-state index < -0.39 is 36.0 Å². The van der Waals surface area contributed by atoms with E-state index in [0.717, 1.165) is 0 Å². The van der Waals surface area contributed by atoms with E-state index in [2.05, 4.69) is 0 Å². The fourth-order valence-corrected chi connectivity index (χ4v) is 0.959. The third-order valence-electron chi connectivity index (χ3n) is 2.38. The Labute approximate surface area is 144 Å². The first-order chi connectivity index (χ1) is 11.5. The van der Waals surface area contributed by atoms with Gasteiger partial charge in [-0.3, -0.25) is 19.2 Å². The third kappa shape index (κ3) is 26.9. The first kappa shape index (κ1) is 27.6. The number of carboxylic acids is 4. The fourth-order valence-electron chi connectivity index (χ4n) is 0.959. The van der Waals surface area contributed by atoms with Gasteiger partial charge in [0.15, 0.2) is 0 Å². The topological polar surface area (TPSA) is 253 Å². The number of carboxylic acid groups (broad SMARTS) is 4. The average molecular weight is 368 g/mol. The minimum atomic E-state index is -1.17. The highest BCUT2D eigenvalue weighted by molar-refractivity contribution is 5.74. The Morgan fingerprint density at radius 2 is 1.08 bits per heavy atom. The lowest BCUT2D eigenvalue weighted by molar-refractivity contribution is -0.140. The molecule has 0 radical (unpaired) electrons. The zero-order chi connectivity index (χ0) is 20.4. The summed E-state index contributed by atoms with van der Waals surface area (Å²) in [7, 11) is 0. The minimum Gasteiger partial charge on any atom is -0.481 e. The molecule has 2 unspecified atom stereocenters. The Bertz CT molecular complexity index is 405. The zero-order valence-electron chi connectivity index (χ0n) is 13.8. The summed E-state index contributed by atoms with van der Waals surface area (Å²) in [6.07, 6.45) is 0.888. The van der Waals surface area contributed by atoms with Gasteiger partial charge in [-0.1, -0.05) is 0 Å². The quantitative estimate of drug-likeness (QED) is 0.205. The Hall–Kier alpha value is -2.28. The average Bonchev–Trinajstić information content (AvgIpc) is 2.51. The first-order valence-electron chi connectivity index (χ1n) is 7.30. The zero-order valence-corrected chi connectivity index (χ0v) is 13.8. The van der Waals surface area contributed by atoms with Gasteiger partial charge in [0.1, 0.15) is 12.1 Å². The van der Waals surface area contributed by atoms with Crippen LogP contribution in [-0.4, -0.2) is 69.5 Å². The molecule has 0 saturated heterocycles. The van der Waals surface area contributed by atoms with Crippen molar-refractivity contribution < 1.29 is 39.6 Å². The van der Waals surface area contributed by atoms with E-state index >= 15 is 0 Å². The van der Waals surface area contributed by atoms with Crippen molar-refractivity contribution in [1.82, 2.24) is 0 Å². The molecule has 2 atom stereocenters. The van der Waals surface area contributed by atoms with Crippen molar-refractivity contribution in [2.24, 2.45) is 22.9 Å². The van der Waals surface area contributed by atoms with Crippen LogP contribution in [0.5, 0.6) is 0 Å². The smallest absolute Gasteiger partial charge is 0.320 e. The van der Waals surface area contributed by atoms with Crippen LogP contribution in [0, 0.1) is 0 Å². The van der Waals surface area contributed by atoms with Crippen molar-refractivity contribution in [3.05, 3.63) is 0 Å². The predicted octanol–water partition coefficient (Wildman–Crippen LogP) is -2.18. The SMILES string of the molecule is NC(CCC(=O)O)C(=O)O.NCCC(N)C(=O)O.NCCCC(=O)O. The van der Waals surface area contributed by atoms with E-state index in [0.29, 0.717) is 25.9 Å². The summed E-state index contributed by atoms with van der Waals surface area (Å²) in [6, 6.07) is -1.85. The van der Waals surface area contributed by atoms with Gasteiger partial charge in [-0.05, 0) is 32.4 Å². The summed E-state index contributed by atoms with van der Waals surface area (Å²) in [6.45, 7) is 0.791. The summed E-state index contributed by atoms with van der Waals surface area (Å²) in [5.41, 5.74) is 20.1. The maximum absolute atomic E-state index is 9.99. The lowest BCUT2D eigenvalue weighted by Gasteiger charge is -2.01. The molecule has 0 aromatic rings. The Balaban J connectivity index is -0.000000296. The molecule has 0 aromatic carbocycles. The molecule has 0 rings (SSSR count). The molecule has 0 aliphatic heterocycles. The number of nitrogens with two attached hydrogens (primary N) is 4. The molecule has 12 nitrogen and oxygen atoms in total. The first-order valence-corrected chi connectivity index (χ1v) is 7.30. The van der Waals surface area contributed by atoms with E-state index in [9.17, 15) is 19.2 Å². The van der Waals surface area contributed by atoms with Crippen LogP contribution in [0.3, 0.4) is 0 Å². The van der Waals surface area contributed by atoms with E-state index in [1.54, 1.807) is 0 Å². The molecule has 0 saturated carbocycles. The van der Waals surface area contributed by atoms with Crippen LogP contribution in [0.15, 0.2) is 0 Å². The van der Waals surface area contributed by atoms with Gasteiger partial charge in [0.2, 0.25) is 0 Å². The van der Waals surface area contributed by atoms with Crippen molar-refractivity contribution >= 4 is 23.9 Å². The summed E-state index contributed by atoms with van der Waals surface area (Å²) >= 11 is 0. The monoisotopic (exact) mass is 368 g/mol. The van der Waals surface area contributed by atoms with Gasteiger partial charge in [-0.2, -0.15) is 0 Å². The molecule has 0 heterocycles. The van der Waals surface area contributed by atoms with Crippen molar-refractivity contribution in [1.29, 1.82) is 0 Å². The van der Waals surface area contributed by atoms with Gasteiger partial charge in [-0.25, -0.2) is 0 Å². The third-order valence-corrected chi connectivity index (χ3v) is 2.38. The van der Waals surface area contributed by atoms with Crippen LogP contribution in [0.25, 0.3) is 0 Å². The van der Waals surface area contributed by atoms with E-state index in [1.165, 1.54) is 0 Å². The second-order valence-electron chi connectivity index (χ2n) is 4.69. The highest BCUT2D eigenvalue weighted by atomic mass is 16.4. The minimum absolute atomic E-state index is 0.0231. The molecule has 148 valence electrons. The predicted molar refractivity (Wildman–Crippen MR) is 87.7 cm³/mol. The molecule has 0 bridgehead atoms. The molecule has 25 heavy (non-hydrogen) atoms. The van der Waals surface area contributed by atoms with Gasteiger partial charge >= 0.3 is 23.9 Å². The van der Waals surface area contributed by atoms with Crippen LogP contribution >= 0.6 is 0 Å². The van der Waals surface area contributed by atoms with Gasteiger partial charge in [0.25, 0.3) is 0 Å². The van der Waals surface area contributed by atoms with Crippen LogP contribution in [0.2, 0.25) is 0 Å². The molecule has 12 heteroatoms. The molecule has 0 spiro atoms. The van der Waals surface area contributed by atoms with Crippen molar-refractivity contribution in [2.45, 2.75) is 44.2 Å². The summed E-state index contributed by atoms with van der Waals surface area (Å²) < 4.78 is 0. The second-order valence-corrected chi connectivity index (χ2v) is 4.69.